The second kappa shape index (κ2) is 10.7. The van der Waals surface area contributed by atoms with Crippen LogP contribution in [0.25, 0.3) is 0 Å². The van der Waals surface area contributed by atoms with Gasteiger partial charge in [0.05, 0.1) is 12.4 Å². The first-order valence-electron chi connectivity index (χ1n) is 9.88. The van der Waals surface area contributed by atoms with Crippen molar-refractivity contribution in [3.63, 3.8) is 0 Å². The third kappa shape index (κ3) is 6.98. The number of rotatable bonds is 10. The Labute approximate surface area is 168 Å². The van der Waals surface area contributed by atoms with Crippen molar-refractivity contribution in [2.45, 2.75) is 57.2 Å². The summed E-state index contributed by atoms with van der Waals surface area (Å²) in [6.45, 7) is 4.35. The Hall–Kier alpha value is -1.80. The Bertz CT molecular complexity index is 730. The van der Waals surface area contributed by atoms with Gasteiger partial charge in [-0.15, -0.1) is 0 Å². The van der Waals surface area contributed by atoms with Gasteiger partial charge in [0, 0.05) is 24.3 Å². The molecule has 158 valence electrons. The number of benzene rings is 1. The molecule has 7 nitrogen and oxygen atoms in total. The minimum absolute atomic E-state index is 0.0466. The molecule has 0 aromatic heterocycles. The highest BCUT2D eigenvalue weighted by Crippen LogP contribution is 2.26. The predicted octanol–water partition coefficient (Wildman–Crippen LogP) is 2.93. The summed E-state index contributed by atoms with van der Waals surface area (Å²) in [4.78, 5) is 11.2. The van der Waals surface area contributed by atoms with Crippen LogP contribution in [-0.2, 0) is 19.6 Å². The molecule has 2 N–H and O–H groups in total. The Morgan fingerprint density at radius 3 is 2.61 bits per heavy atom. The van der Waals surface area contributed by atoms with Crippen molar-refractivity contribution in [1.29, 1.82) is 0 Å². The summed E-state index contributed by atoms with van der Waals surface area (Å²) in [6, 6.07) is 7.52. The van der Waals surface area contributed by atoms with Gasteiger partial charge in [-0.25, -0.2) is 17.9 Å². The molecule has 1 aromatic rings. The maximum absolute atomic E-state index is 12.2. The van der Waals surface area contributed by atoms with Crippen LogP contribution in [0, 0.1) is 5.92 Å². The van der Waals surface area contributed by atoms with Gasteiger partial charge in [-0.1, -0.05) is 13.0 Å². The maximum atomic E-state index is 12.2. The number of methoxy groups -OCH3 is 1. The monoisotopic (exact) mass is 412 g/mol. The minimum atomic E-state index is -3.21. The summed E-state index contributed by atoms with van der Waals surface area (Å²) in [5.41, 5.74) is 0.932. The molecule has 8 heteroatoms. The van der Waals surface area contributed by atoms with Gasteiger partial charge in [0.1, 0.15) is 5.75 Å². The number of hydrogen-bond acceptors (Lipinski definition) is 6. The fourth-order valence-corrected chi connectivity index (χ4v) is 4.58. The molecule has 0 bridgehead atoms. The number of ether oxygens (including phenoxy) is 2. The number of hydrogen-bond donors (Lipinski definition) is 2. The second-order valence-electron chi connectivity index (χ2n) is 7.37. The van der Waals surface area contributed by atoms with Crippen molar-refractivity contribution < 1.29 is 22.7 Å². The molecular formula is C20H32N2O5S. The van der Waals surface area contributed by atoms with Crippen LogP contribution in [0.15, 0.2) is 24.3 Å². The quantitative estimate of drug-likeness (QED) is 0.574. The smallest absolute Gasteiger partial charge is 0.343 e. The van der Waals surface area contributed by atoms with E-state index in [4.69, 9.17) is 4.74 Å². The molecule has 1 aromatic carbocycles. The predicted molar refractivity (Wildman–Crippen MR) is 110 cm³/mol. The topological polar surface area (TPSA) is 93.7 Å². The summed E-state index contributed by atoms with van der Waals surface area (Å²) in [6.07, 6.45) is 4.32. The van der Waals surface area contributed by atoms with E-state index in [0.29, 0.717) is 18.1 Å². The van der Waals surface area contributed by atoms with Crippen molar-refractivity contribution in [1.82, 2.24) is 4.72 Å². The van der Waals surface area contributed by atoms with Gasteiger partial charge in [0.2, 0.25) is 10.0 Å². The highest BCUT2D eigenvalue weighted by atomic mass is 32.2. The summed E-state index contributed by atoms with van der Waals surface area (Å²) in [5, 5.41) is 3.07. The van der Waals surface area contributed by atoms with Crippen LogP contribution < -0.4 is 14.8 Å². The largest absolute Gasteiger partial charge is 0.482 e. The number of anilines is 1. The van der Waals surface area contributed by atoms with Crippen LogP contribution in [-0.4, -0.2) is 45.9 Å². The van der Waals surface area contributed by atoms with Gasteiger partial charge in [-0.2, -0.15) is 0 Å². The molecule has 1 atom stereocenters. The van der Waals surface area contributed by atoms with Gasteiger partial charge in [0.25, 0.3) is 0 Å². The van der Waals surface area contributed by atoms with Crippen LogP contribution in [0.3, 0.4) is 0 Å². The molecule has 1 saturated carbocycles. The van der Waals surface area contributed by atoms with Crippen LogP contribution in [0.1, 0.15) is 46.0 Å². The first-order valence-corrected chi connectivity index (χ1v) is 11.4. The zero-order valence-electron chi connectivity index (χ0n) is 16.9. The van der Waals surface area contributed by atoms with Gasteiger partial charge < -0.3 is 14.8 Å². The van der Waals surface area contributed by atoms with E-state index in [1.54, 1.807) is 13.0 Å². The highest BCUT2D eigenvalue weighted by Gasteiger charge is 2.27. The third-order valence-corrected chi connectivity index (χ3v) is 7.35. The molecule has 1 aliphatic rings. The van der Waals surface area contributed by atoms with Crippen molar-refractivity contribution in [3.8, 4) is 5.75 Å². The lowest BCUT2D eigenvalue weighted by Crippen LogP contribution is -2.42. The summed E-state index contributed by atoms with van der Waals surface area (Å²) in [5.74, 6) is 0.696. The molecular weight excluding hydrogens is 380 g/mol. The zero-order chi connectivity index (χ0) is 20.6. The zero-order valence-corrected chi connectivity index (χ0v) is 17.8. The van der Waals surface area contributed by atoms with Crippen LogP contribution in [0.4, 0.5) is 5.69 Å². The molecule has 0 radical (unpaired) electrons. The van der Waals surface area contributed by atoms with E-state index in [9.17, 15) is 13.2 Å². The van der Waals surface area contributed by atoms with E-state index in [1.807, 2.05) is 25.1 Å². The van der Waals surface area contributed by atoms with E-state index >= 15 is 0 Å². The number of esters is 1. The summed E-state index contributed by atoms with van der Waals surface area (Å²) < 4.78 is 37.2. The highest BCUT2D eigenvalue weighted by molar-refractivity contribution is 7.90. The van der Waals surface area contributed by atoms with Crippen LogP contribution in [0.5, 0.6) is 5.75 Å². The first kappa shape index (κ1) is 22.5. The van der Waals surface area contributed by atoms with Gasteiger partial charge in [-0.3, -0.25) is 0 Å². The molecule has 1 aliphatic carbocycles. The maximum Gasteiger partial charge on any atom is 0.343 e. The van der Waals surface area contributed by atoms with Crippen molar-refractivity contribution in [3.05, 3.63) is 24.3 Å². The number of carbonyl (C=O) groups is 1. The Morgan fingerprint density at radius 1 is 1.25 bits per heavy atom. The van der Waals surface area contributed by atoms with Crippen molar-refractivity contribution in [2.24, 2.45) is 5.92 Å². The number of sulfonamides is 1. The average Bonchev–Trinajstić information content (AvgIpc) is 2.70. The molecule has 2 rings (SSSR count). The lowest BCUT2D eigenvalue weighted by atomic mass is 9.86. The van der Waals surface area contributed by atoms with Gasteiger partial charge in [-0.05, 0) is 57.1 Å². The lowest BCUT2D eigenvalue weighted by Gasteiger charge is -2.30. The third-order valence-electron chi connectivity index (χ3n) is 5.30. The van der Waals surface area contributed by atoms with Crippen LogP contribution in [0.2, 0.25) is 0 Å². The number of carbonyl (C=O) groups excluding carboxylic acids is 1. The average molecular weight is 413 g/mol. The molecule has 0 amide bonds. The molecule has 0 aliphatic heterocycles. The summed E-state index contributed by atoms with van der Waals surface area (Å²) in [7, 11) is -1.89. The van der Waals surface area contributed by atoms with E-state index in [1.165, 1.54) is 7.11 Å². The second-order valence-corrected chi connectivity index (χ2v) is 9.50. The molecule has 1 unspecified atom stereocenters. The van der Waals surface area contributed by atoms with E-state index in [0.717, 1.165) is 37.9 Å². The van der Waals surface area contributed by atoms with Gasteiger partial charge >= 0.3 is 5.97 Å². The summed E-state index contributed by atoms with van der Waals surface area (Å²) >= 11 is 0. The fourth-order valence-electron chi connectivity index (χ4n) is 3.21. The molecule has 0 saturated heterocycles. The standard InChI is InChI=1S/C20H32N2O5S/c1-4-15(2)28(24,25)22-17-10-8-16(9-11-17)13-21-18-6-5-7-19(12-18)27-14-20(23)26-3/h5-7,12,15-17,21-22H,4,8-11,13-14H2,1-3H3. The van der Waals surface area contributed by atoms with Crippen molar-refractivity contribution >= 4 is 21.7 Å². The molecule has 1 fully saturated rings. The lowest BCUT2D eigenvalue weighted by molar-refractivity contribution is -0.142. The normalized spacial score (nSPS) is 21.0. The Kier molecular flexibility index (Phi) is 8.57. The molecule has 0 spiro atoms. The molecule has 0 heterocycles. The Morgan fingerprint density at radius 2 is 1.96 bits per heavy atom. The van der Waals surface area contributed by atoms with Crippen molar-refractivity contribution in [2.75, 3.05) is 25.6 Å². The number of nitrogens with one attached hydrogen (secondary N) is 2. The van der Waals surface area contributed by atoms with E-state index in [2.05, 4.69) is 14.8 Å². The van der Waals surface area contributed by atoms with E-state index in [-0.39, 0.29) is 17.9 Å². The minimum Gasteiger partial charge on any atom is -0.482 e. The van der Waals surface area contributed by atoms with E-state index < -0.39 is 16.0 Å². The Balaban J connectivity index is 1.76. The fraction of sp³-hybridized carbons (Fsp3) is 0.650. The molecule has 28 heavy (non-hydrogen) atoms. The van der Waals surface area contributed by atoms with Crippen LogP contribution >= 0.6 is 0 Å². The van der Waals surface area contributed by atoms with Gasteiger partial charge in [0.15, 0.2) is 6.61 Å². The first-order chi connectivity index (χ1) is 13.3. The SMILES string of the molecule is CCC(C)S(=O)(=O)NC1CCC(CNc2cccc(OCC(=O)OC)c2)CC1.